The topological polar surface area (TPSA) is 93.5 Å². The molecule has 0 aromatic heterocycles. The van der Waals surface area contributed by atoms with E-state index in [2.05, 4.69) is 10.6 Å². The predicted molar refractivity (Wildman–Crippen MR) is 91.8 cm³/mol. The smallest absolute Gasteiger partial charge is 0.251 e. The molecule has 0 unspecified atom stereocenters. The SMILES string of the molecule is NC1(C(=O)Nc2ccc(C(=O)NC3CCOCC3)cc2)CCCC1. The third-order valence-corrected chi connectivity index (χ3v) is 4.91. The lowest BCUT2D eigenvalue weighted by atomic mass is 9.98. The summed E-state index contributed by atoms with van der Waals surface area (Å²) in [4.78, 5) is 24.5. The lowest BCUT2D eigenvalue weighted by Crippen LogP contribution is -2.48. The van der Waals surface area contributed by atoms with Crippen molar-refractivity contribution in [3.8, 4) is 0 Å². The van der Waals surface area contributed by atoms with E-state index < -0.39 is 5.54 Å². The van der Waals surface area contributed by atoms with Gasteiger partial charge in [0.2, 0.25) is 5.91 Å². The van der Waals surface area contributed by atoms with Crippen LogP contribution in [0, 0.1) is 0 Å². The van der Waals surface area contributed by atoms with E-state index in [9.17, 15) is 9.59 Å². The number of carbonyl (C=O) groups is 2. The molecule has 1 heterocycles. The molecule has 3 rings (SSSR count). The van der Waals surface area contributed by atoms with E-state index in [0.29, 0.717) is 24.5 Å². The van der Waals surface area contributed by atoms with Gasteiger partial charge in [-0.1, -0.05) is 12.8 Å². The van der Waals surface area contributed by atoms with Crippen LogP contribution in [0.15, 0.2) is 24.3 Å². The summed E-state index contributed by atoms with van der Waals surface area (Å²) in [7, 11) is 0. The highest BCUT2D eigenvalue weighted by Crippen LogP contribution is 2.28. The first-order valence-corrected chi connectivity index (χ1v) is 8.66. The number of carbonyl (C=O) groups excluding carboxylic acids is 2. The standard InChI is InChI=1S/C18H25N3O3/c19-18(9-1-2-10-18)17(23)21-14-5-3-13(4-6-14)16(22)20-15-7-11-24-12-8-15/h3-6,15H,1-2,7-12,19H2,(H,20,22)(H,21,23). The lowest BCUT2D eigenvalue weighted by Gasteiger charge is -2.23. The van der Waals surface area contributed by atoms with Crippen LogP contribution in [0.2, 0.25) is 0 Å². The number of benzene rings is 1. The van der Waals surface area contributed by atoms with Crippen molar-refractivity contribution in [3.63, 3.8) is 0 Å². The fourth-order valence-electron chi connectivity index (χ4n) is 3.30. The fourth-order valence-corrected chi connectivity index (χ4v) is 3.30. The Balaban J connectivity index is 1.56. The highest BCUT2D eigenvalue weighted by Gasteiger charge is 2.36. The van der Waals surface area contributed by atoms with E-state index in [1.165, 1.54) is 0 Å². The van der Waals surface area contributed by atoms with Crippen LogP contribution >= 0.6 is 0 Å². The van der Waals surface area contributed by atoms with Gasteiger partial charge in [-0.25, -0.2) is 0 Å². The number of hydrogen-bond donors (Lipinski definition) is 3. The number of ether oxygens (including phenoxy) is 1. The minimum Gasteiger partial charge on any atom is -0.381 e. The molecule has 2 fully saturated rings. The lowest BCUT2D eigenvalue weighted by molar-refractivity contribution is -0.121. The molecule has 6 heteroatoms. The van der Waals surface area contributed by atoms with Crippen LogP contribution < -0.4 is 16.4 Å². The van der Waals surface area contributed by atoms with Gasteiger partial charge in [-0.3, -0.25) is 9.59 Å². The molecule has 1 aromatic rings. The van der Waals surface area contributed by atoms with E-state index in [1.54, 1.807) is 24.3 Å². The molecule has 1 saturated carbocycles. The molecule has 1 saturated heterocycles. The molecule has 0 atom stereocenters. The number of rotatable bonds is 4. The second-order valence-electron chi connectivity index (χ2n) is 6.75. The first-order chi connectivity index (χ1) is 11.6. The minimum atomic E-state index is -0.751. The summed E-state index contributed by atoms with van der Waals surface area (Å²) < 4.78 is 5.29. The highest BCUT2D eigenvalue weighted by atomic mass is 16.5. The largest absolute Gasteiger partial charge is 0.381 e. The quantitative estimate of drug-likeness (QED) is 0.784. The Morgan fingerprint density at radius 2 is 1.71 bits per heavy atom. The zero-order valence-electron chi connectivity index (χ0n) is 13.8. The van der Waals surface area contributed by atoms with Crippen molar-refractivity contribution in [3.05, 3.63) is 29.8 Å². The van der Waals surface area contributed by atoms with Crippen molar-refractivity contribution in [2.75, 3.05) is 18.5 Å². The van der Waals surface area contributed by atoms with Crippen LogP contribution in [-0.2, 0) is 9.53 Å². The van der Waals surface area contributed by atoms with Crippen LogP contribution in [0.25, 0.3) is 0 Å². The average Bonchev–Trinajstić information content (AvgIpc) is 3.04. The van der Waals surface area contributed by atoms with E-state index in [-0.39, 0.29) is 17.9 Å². The van der Waals surface area contributed by atoms with E-state index in [4.69, 9.17) is 10.5 Å². The van der Waals surface area contributed by atoms with Gasteiger partial charge in [0, 0.05) is 30.5 Å². The van der Waals surface area contributed by atoms with Crippen LogP contribution in [-0.4, -0.2) is 36.6 Å². The van der Waals surface area contributed by atoms with Gasteiger partial charge in [-0.05, 0) is 49.9 Å². The van der Waals surface area contributed by atoms with E-state index in [1.807, 2.05) is 0 Å². The van der Waals surface area contributed by atoms with Gasteiger partial charge in [0.15, 0.2) is 0 Å². The molecule has 1 aliphatic carbocycles. The molecule has 0 bridgehead atoms. The Hall–Kier alpha value is -1.92. The third-order valence-electron chi connectivity index (χ3n) is 4.91. The first-order valence-electron chi connectivity index (χ1n) is 8.66. The molecule has 1 aliphatic heterocycles. The van der Waals surface area contributed by atoms with Gasteiger partial charge < -0.3 is 21.1 Å². The maximum Gasteiger partial charge on any atom is 0.251 e. The monoisotopic (exact) mass is 331 g/mol. The summed E-state index contributed by atoms with van der Waals surface area (Å²) in [6.07, 6.45) is 5.14. The fraction of sp³-hybridized carbons (Fsp3) is 0.556. The number of anilines is 1. The molecule has 24 heavy (non-hydrogen) atoms. The molecule has 130 valence electrons. The minimum absolute atomic E-state index is 0.0918. The molecule has 4 N–H and O–H groups in total. The normalized spacial score (nSPS) is 20.5. The number of amides is 2. The Kier molecular flexibility index (Phi) is 5.16. The Labute approximate surface area is 142 Å². The van der Waals surface area contributed by atoms with Gasteiger partial charge in [-0.15, -0.1) is 0 Å². The summed E-state index contributed by atoms with van der Waals surface area (Å²) in [5.41, 5.74) is 6.65. The van der Waals surface area contributed by atoms with Gasteiger partial charge in [0.25, 0.3) is 5.91 Å². The highest BCUT2D eigenvalue weighted by molar-refractivity contribution is 5.99. The molecular formula is C18H25N3O3. The first kappa shape index (κ1) is 16.9. The van der Waals surface area contributed by atoms with Crippen LogP contribution in [0.1, 0.15) is 48.9 Å². The molecule has 2 aliphatic rings. The number of hydrogen-bond acceptors (Lipinski definition) is 4. The van der Waals surface area contributed by atoms with Crippen molar-refractivity contribution in [2.45, 2.75) is 50.1 Å². The number of nitrogens with two attached hydrogens (primary N) is 1. The van der Waals surface area contributed by atoms with Crippen LogP contribution in [0.5, 0.6) is 0 Å². The third kappa shape index (κ3) is 3.94. The molecular weight excluding hydrogens is 306 g/mol. The summed E-state index contributed by atoms with van der Waals surface area (Å²) in [5.74, 6) is -0.231. The predicted octanol–water partition coefficient (Wildman–Crippen LogP) is 1.81. The van der Waals surface area contributed by atoms with Gasteiger partial charge in [0.05, 0.1) is 5.54 Å². The zero-order chi connectivity index (χ0) is 17.0. The summed E-state index contributed by atoms with van der Waals surface area (Å²) in [6, 6.07) is 7.11. The second kappa shape index (κ2) is 7.32. The van der Waals surface area contributed by atoms with Crippen LogP contribution in [0.4, 0.5) is 5.69 Å². The average molecular weight is 331 g/mol. The van der Waals surface area contributed by atoms with E-state index in [0.717, 1.165) is 38.5 Å². The van der Waals surface area contributed by atoms with Gasteiger partial charge in [-0.2, -0.15) is 0 Å². The van der Waals surface area contributed by atoms with E-state index >= 15 is 0 Å². The maximum atomic E-state index is 12.3. The summed E-state index contributed by atoms with van der Waals surface area (Å²) in [6.45, 7) is 1.38. The second-order valence-corrected chi connectivity index (χ2v) is 6.75. The summed E-state index contributed by atoms with van der Waals surface area (Å²) in [5, 5.41) is 5.88. The maximum absolute atomic E-state index is 12.3. The van der Waals surface area contributed by atoms with Crippen molar-refractivity contribution < 1.29 is 14.3 Å². The Bertz CT molecular complexity index is 588. The number of nitrogens with one attached hydrogen (secondary N) is 2. The molecule has 0 radical (unpaired) electrons. The van der Waals surface area contributed by atoms with Gasteiger partial charge in [0.1, 0.15) is 0 Å². The molecule has 0 spiro atoms. The van der Waals surface area contributed by atoms with Crippen molar-refractivity contribution >= 4 is 17.5 Å². The van der Waals surface area contributed by atoms with Crippen molar-refractivity contribution in [1.29, 1.82) is 0 Å². The Morgan fingerprint density at radius 1 is 1.08 bits per heavy atom. The zero-order valence-corrected chi connectivity index (χ0v) is 13.8. The van der Waals surface area contributed by atoms with Crippen molar-refractivity contribution in [1.82, 2.24) is 5.32 Å². The van der Waals surface area contributed by atoms with Gasteiger partial charge >= 0.3 is 0 Å². The van der Waals surface area contributed by atoms with Crippen LogP contribution in [0.3, 0.4) is 0 Å². The molecule has 1 aromatic carbocycles. The van der Waals surface area contributed by atoms with Crippen molar-refractivity contribution in [2.24, 2.45) is 5.73 Å². The summed E-state index contributed by atoms with van der Waals surface area (Å²) >= 11 is 0. The molecule has 6 nitrogen and oxygen atoms in total. The molecule has 2 amide bonds. The Morgan fingerprint density at radius 3 is 2.33 bits per heavy atom.